The van der Waals surface area contributed by atoms with Crippen molar-refractivity contribution in [2.75, 3.05) is 17.7 Å². The van der Waals surface area contributed by atoms with Crippen LogP contribution in [0.2, 0.25) is 15.1 Å². The van der Waals surface area contributed by atoms with Crippen molar-refractivity contribution >= 4 is 81.7 Å². The Kier molecular flexibility index (Phi) is 11.8. The Morgan fingerprint density at radius 1 is 0.771 bits per heavy atom. The molecule has 1 unspecified atom stereocenters. The van der Waals surface area contributed by atoms with Crippen LogP contribution in [0.1, 0.15) is 26.7 Å². The lowest BCUT2D eigenvalue weighted by Crippen LogP contribution is -2.30. The van der Waals surface area contributed by atoms with Crippen LogP contribution in [-0.4, -0.2) is 24.8 Å². The van der Waals surface area contributed by atoms with Crippen molar-refractivity contribution in [1.29, 1.82) is 0 Å². The summed E-state index contributed by atoms with van der Waals surface area (Å²) in [5.74, 6) is -0.902. The first-order chi connectivity index (χ1) is 23.2. The first kappa shape index (κ1) is 34.6. The second-order valence-corrected chi connectivity index (χ2v) is 12.6. The summed E-state index contributed by atoms with van der Waals surface area (Å²) >= 11 is 20.1. The van der Waals surface area contributed by atoms with E-state index in [1.54, 1.807) is 84.9 Å². The standard InChI is InChI=1S/C37H28Cl3N3O4S/c1-47-32-19-18-26(38)21-30(32)42-37(46)34(23-10-4-2-5-11-23)48-28-16-9-15-27(22-28)41-36(45)31(20-25-14-8-17-29(39)33(25)40)43-35(44)24-12-6-3-7-13-24/h2-22,34H,1H3,(H,41,45)(H,42,46)(H,43,44)/b31-20+. The van der Waals surface area contributed by atoms with Crippen LogP contribution in [0.5, 0.6) is 5.75 Å². The Hall–Kier alpha value is -4.73. The molecule has 0 heterocycles. The summed E-state index contributed by atoms with van der Waals surface area (Å²) in [5.41, 5.74) is 2.40. The van der Waals surface area contributed by atoms with E-state index in [1.807, 2.05) is 36.4 Å². The molecule has 0 bridgehead atoms. The summed E-state index contributed by atoms with van der Waals surface area (Å²) in [6, 6.07) is 34.9. The van der Waals surface area contributed by atoms with Gasteiger partial charge in [0.05, 0.1) is 22.8 Å². The quantitative estimate of drug-likeness (QED) is 0.0935. The number of rotatable bonds is 11. The molecule has 7 nitrogen and oxygen atoms in total. The lowest BCUT2D eigenvalue weighted by molar-refractivity contribution is -0.116. The second-order valence-electron chi connectivity index (χ2n) is 10.2. The maximum Gasteiger partial charge on any atom is 0.272 e. The number of benzene rings is 5. The fraction of sp³-hybridized carbons (Fsp3) is 0.0541. The number of nitrogens with one attached hydrogen (secondary N) is 3. The molecule has 5 aromatic carbocycles. The van der Waals surface area contributed by atoms with Crippen LogP contribution in [0.4, 0.5) is 11.4 Å². The van der Waals surface area contributed by atoms with Crippen LogP contribution in [0.25, 0.3) is 6.08 Å². The number of carbonyl (C=O) groups excluding carboxylic acids is 3. The molecule has 0 spiro atoms. The summed E-state index contributed by atoms with van der Waals surface area (Å²) in [7, 11) is 1.51. The maximum atomic E-state index is 13.7. The molecule has 3 N–H and O–H groups in total. The zero-order valence-electron chi connectivity index (χ0n) is 25.4. The minimum atomic E-state index is -0.675. The van der Waals surface area contributed by atoms with Crippen LogP contribution < -0.4 is 20.7 Å². The third-order valence-corrected chi connectivity index (χ3v) is 9.23. The van der Waals surface area contributed by atoms with Crippen molar-refractivity contribution in [3.05, 3.63) is 159 Å². The maximum absolute atomic E-state index is 13.7. The molecule has 0 aliphatic carbocycles. The summed E-state index contributed by atoms with van der Waals surface area (Å²) in [5, 5.41) is 8.80. The van der Waals surface area contributed by atoms with Gasteiger partial charge < -0.3 is 20.7 Å². The smallest absolute Gasteiger partial charge is 0.272 e. The van der Waals surface area contributed by atoms with Crippen molar-refractivity contribution in [2.45, 2.75) is 10.1 Å². The third kappa shape index (κ3) is 8.99. The molecule has 48 heavy (non-hydrogen) atoms. The minimum Gasteiger partial charge on any atom is -0.495 e. The van der Waals surface area contributed by atoms with Gasteiger partial charge in [-0.2, -0.15) is 0 Å². The molecule has 0 radical (unpaired) electrons. The highest BCUT2D eigenvalue weighted by atomic mass is 35.5. The summed E-state index contributed by atoms with van der Waals surface area (Å²) in [6.07, 6.45) is 1.46. The van der Waals surface area contributed by atoms with Crippen LogP contribution in [0.15, 0.2) is 132 Å². The molecular weight excluding hydrogens is 689 g/mol. The Bertz CT molecular complexity index is 1970. The van der Waals surface area contributed by atoms with E-state index in [0.717, 1.165) is 5.56 Å². The normalized spacial score (nSPS) is 11.7. The summed E-state index contributed by atoms with van der Waals surface area (Å²) in [4.78, 5) is 41.2. The third-order valence-electron chi connectivity index (χ3n) is 6.92. The summed E-state index contributed by atoms with van der Waals surface area (Å²) < 4.78 is 5.41. The number of carbonyl (C=O) groups is 3. The van der Waals surface area contributed by atoms with Gasteiger partial charge in [0.15, 0.2) is 0 Å². The average Bonchev–Trinajstić information content (AvgIpc) is 3.09. The number of hydrogen-bond acceptors (Lipinski definition) is 5. The van der Waals surface area contributed by atoms with Gasteiger partial charge in [-0.3, -0.25) is 14.4 Å². The minimum absolute atomic E-state index is 0.0527. The highest BCUT2D eigenvalue weighted by molar-refractivity contribution is 8.00. The van der Waals surface area contributed by atoms with Gasteiger partial charge in [-0.05, 0) is 71.8 Å². The SMILES string of the molecule is COc1ccc(Cl)cc1NC(=O)C(Sc1cccc(NC(=O)/C(=C\c2cccc(Cl)c2Cl)NC(=O)c2ccccc2)c1)c1ccccc1. The molecule has 0 aliphatic heterocycles. The fourth-order valence-corrected chi connectivity index (χ4v) is 6.21. The second kappa shape index (κ2) is 16.4. The average molecular weight is 717 g/mol. The van der Waals surface area contributed by atoms with Crippen molar-refractivity contribution in [3.8, 4) is 5.75 Å². The zero-order chi connectivity index (χ0) is 34.0. The van der Waals surface area contributed by atoms with Crippen molar-refractivity contribution in [2.24, 2.45) is 0 Å². The van der Waals surface area contributed by atoms with Crippen molar-refractivity contribution < 1.29 is 19.1 Å². The number of hydrogen-bond donors (Lipinski definition) is 3. The van der Waals surface area contributed by atoms with E-state index in [2.05, 4.69) is 16.0 Å². The number of methoxy groups -OCH3 is 1. The van der Waals surface area contributed by atoms with Crippen LogP contribution in [0, 0.1) is 0 Å². The van der Waals surface area contributed by atoms with E-state index >= 15 is 0 Å². The Balaban J connectivity index is 1.40. The van der Waals surface area contributed by atoms with Gasteiger partial charge in [0, 0.05) is 21.2 Å². The molecule has 0 saturated heterocycles. The fourth-order valence-electron chi connectivity index (χ4n) is 4.59. The van der Waals surface area contributed by atoms with Gasteiger partial charge >= 0.3 is 0 Å². The highest BCUT2D eigenvalue weighted by Crippen LogP contribution is 2.38. The van der Waals surface area contributed by atoms with Crippen molar-refractivity contribution in [1.82, 2.24) is 5.32 Å². The first-order valence-corrected chi connectivity index (χ1v) is 16.5. The Morgan fingerprint density at radius 2 is 1.48 bits per heavy atom. The molecule has 5 aromatic rings. The van der Waals surface area contributed by atoms with Gasteiger partial charge in [0.25, 0.3) is 11.8 Å². The van der Waals surface area contributed by atoms with Crippen LogP contribution in [0.3, 0.4) is 0 Å². The Labute approximate surface area is 297 Å². The van der Waals surface area contributed by atoms with E-state index < -0.39 is 17.1 Å². The zero-order valence-corrected chi connectivity index (χ0v) is 28.5. The number of ether oxygens (including phenoxy) is 1. The predicted molar refractivity (Wildman–Crippen MR) is 195 cm³/mol. The number of halogens is 3. The molecule has 0 aromatic heterocycles. The topological polar surface area (TPSA) is 96.5 Å². The van der Waals surface area contributed by atoms with E-state index in [4.69, 9.17) is 39.5 Å². The van der Waals surface area contributed by atoms with E-state index in [9.17, 15) is 14.4 Å². The highest BCUT2D eigenvalue weighted by Gasteiger charge is 2.24. The van der Waals surface area contributed by atoms with E-state index in [0.29, 0.717) is 43.2 Å². The summed E-state index contributed by atoms with van der Waals surface area (Å²) in [6.45, 7) is 0. The molecular formula is C37H28Cl3N3O4S. The number of thioether (sulfide) groups is 1. The van der Waals surface area contributed by atoms with E-state index in [-0.39, 0.29) is 16.6 Å². The molecule has 242 valence electrons. The Morgan fingerprint density at radius 3 is 2.21 bits per heavy atom. The lowest BCUT2D eigenvalue weighted by Gasteiger charge is -2.19. The molecule has 1 atom stereocenters. The van der Waals surface area contributed by atoms with Crippen LogP contribution in [-0.2, 0) is 9.59 Å². The molecule has 5 rings (SSSR count). The molecule has 0 saturated carbocycles. The van der Waals surface area contributed by atoms with Gasteiger partial charge in [-0.1, -0.05) is 102 Å². The molecule has 11 heteroatoms. The van der Waals surface area contributed by atoms with Crippen molar-refractivity contribution in [3.63, 3.8) is 0 Å². The van der Waals surface area contributed by atoms with Gasteiger partial charge in [-0.15, -0.1) is 11.8 Å². The van der Waals surface area contributed by atoms with Gasteiger partial charge in [0.1, 0.15) is 16.7 Å². The first-order valence-electron chi connectivity index (χ1n) is 14.5. The molecule has 0 fully saturated rings. The molecule has 3 amide bonds. The monoisotopic (exact) mass is 715 g/mol. The van der Waals surface area contributed by atoms with Crippen LogP contribution >= 0.6 is 46.6 Å². The number of anilines is 2. The van der Waals surface area contributed by atoms with Gasteiger partial charge in [-0.25, -0.2) is 0 Å². The number of amides is 3. The largest absolute Gasteiger partial charge is 0.495 e. The van der Waals surface area contributed by atoms with E-state index in [1.165, 1.54) is 24.9 Å². The predicted octanol–water partition coefficient (Wildman–Crippen LogP) is 9.54. The van der Waals surface area contributed by atoms with Gasteiger partial charge in [0.2, 0.25) is 5.91 Å². The molecule has 0 aliphatic rings. The lowest BCUT2D eigenvalue weighted by atomic mass is 10.1.